The summed E-state index contributed by atoms with van der Waals surface area (Å²) in [5, 5.41) is 6.46. The SMILES string of the molecule is CSCCC1NC2(C(=O)Nc3c(C)cccc32)C2C(=O)N(C(C)(C)C)C(=O)C12. The summed E-state index contributed by atoms with van der Waals surface area (Å²) >= 11 is 1.70. The first kappa shape index (κ1) is 19.5. The number of aryl methyl sites for hydroxylation is 1. The zero-order valence-electron chi connectivity index (χ0n) is 17.0. The van der Waals surface area contributed by atoms with Crippen molar-refractivity contribution in [3.8, 4) is 0 Å². The lowest BCUT2D eigenvalue weighted by Crippen LogP contribution is -2.55. The van der Waals surface area contributed by atoms with Gasteiger partial charge in [-0.1, -0.05) is 18.2 Å². The Morgan fingerprint density at radius 3 is 2.54 bits per heavy atom. The molecule has 4 rings (SSSR count). The first-order valence-corrected chi connectivity index (χ1v) is 11.1. The number of anilines is 1. The van der Waals surface area contributed by atoms with Gasteiger partial charge in [-0.2, -0.15) is 11.8 Å². The van der Waals surface area contributed by atoms with Crippen molar-refractivity contribution in [2.24, 2.45) is 11.8 Å². The van der Waals surface area contributed by atoms with Crippen molar-refractivity contribution in [1.82, 2.24) is 10.2 Å². The van der Waals surface area contributed by atoms with Crippen molar-refractivity contribution in [3.63, 3.8) is 0 Å². The number of rotatable bonds is 3. The van der Waals surface area contributed by atoms with E-state index in [0.717, 1.165) is 29.0 Å². The van der Waals surface area contributed by atoms with Gasteiger partial charge in [0.05, 0.1) is 11.8 Å². The van der Waals surface area contributed by atoms with Crippen molar-refractivity contribution in [1.29, 1.82) is 0 Å². The van der Waals surface area contributed by atoms with E-state index in [1.807, 2.05) is 52.1 Å². The normalized spacial score (nSPS) is 31.5. The molecule has 1 spiro atoms. The van der Waals surface area contributed by atoms with Crippen molar-refractivity contribution >= 4 is 35.2 Å². The number of nitrogens with zero attached hydrogens (tertiary/aromatic N) is 1. The molecule has 0 aromatic heterocycles. The number of thioether (sulfide) groups is 1. The molecule has 3 amide bonds. The smallest absolute Gasteiger partial charge is 0.250 e. The van der Waals surface area contributed by atoms with Gasteiger partial charge in [-0.05, 0) is 51.7 Å². The standard InChI is InChI=1S/C21H27N3O3S/c1-11-7-6-8-12-16(11)22-19(27)21(12)15-14(13(23-21)9-10-28-5)17(25)24(18(15)26)20(2,3)4/h6-8,13-15,23H,9-10H2,1-5H3,(H,22,27). The van der Waals surface area contributed by atoms with Gasteiger partial charge in [-0.25, -0.2) is 0 Å². The number of fused-ring (bicyclic) bond motifs is 4. The van der Waals surface area contributed by atoms with Crippen LogP contribution in [0.1, 0.15) is 38.3 Å². The Labute approximate surface area is 169 Å². The van der Waals surface area contributed by atoms with Crippen molar-refractivity contribution < 1.29 is 14.4 Å². The van der Waals surface area contributed by atoms with Gasteiger partial charge in [0.1, 0.15) is 5.54 Å². The monoisotopic (exact) mass is 401 g/mol. The third-order valence-electron chi connectivity index (χ3n) is 6.26. The summed E-state index contributed by atoms with van der Waals surface area (Å²) in [7, 11) is 0. The zero-order chi connectivity index (χ0) is 20.4. The molecule has 3 heterocycles. The Kier molecular flexibility index (Phi) is 4.39. The second kappa shape index (κ2) is 6.32. The van der Waals surface area contributed by atoms with Crippen LogP contribution in [0.25, 0.3) is 0 Å². The minimum atomic E-state index is -1.18. The highest BCUT2D eigenvalue weighted by Crippen LogP contribution is 2.54. The van der Waals surface area contributed by atoms with Gasteiger partial charge >= 0.3 is 0 Å². The number of para-hydroxylation sites is 1. The highest BCUT2D eigenvalue weighted by atomic mass is 32.2. The molecule has 3 aliphatic rings. The van der Waals surface area contributed by atoms with Crippen LogP contribution in [-0.4, -0.2) is 46.2 Å². The number of likely N-dealkylation sites (tertiary alicyclic amines) is 1. The molecule has 4 unspecified atom stereocenters. The molecule has 2 saturated heterocycles. The van der Waals surface area contributed by atoms with E-state index in [9.17, 15) is 14.4 Å². The number of carbonyl (C=O) groups excluding carboxylic acids is 3. The van der Waals surface area contributed by atoms with E-state index in [1.165, 1.54) is 4.90 Å². The van der Waals surface area contributed by atoms with Gasteiger partial charge in [0.15, 0.2) is 0 Å². The highest BCUT2D eigenvalue weighted by molar-refractivity contribution is 7.98. The van der Waals surface area contributed by atoms with Crippen LogP contribution in [0.3, 0.4) is 0 Å². The molecular weight excluding hydrogens is 374 g/mol. The van der Waals surface area contributed by atoms with Crippen LogP contribution >= 0.6 is 11.8 Å². The maximum atomic E-state index is 13.5. The van der Waals surface area contributed by atoms with Crippen LogP contribution in [-0.2, 0) is 19.9 Å². The van der Waals surface area contributed by atoms with Crippen LogP contribution in [0.4, 0.5) is 5.69 Å². The molecule has 150 valence electrons. The lowest BCUT2D eigenvalue weighted by molar-refractivity contribution is -0.147. The molecule has 4 atom stereocenters. The van der Waals surface area contributed by atoms with Crippen LogP contribution in [0.2, 0.25) is 0 Å². The quantitative estimate of drug-likeness (QED) is 0.760. The Balaban J connectivity index is 1.89. The van der Waals surface area contributed by atoms with E-state index in [1.54, 1.807) is 11.8 Å². The Morgan fingerprint density at radius 2 is 1.89 bits per heavy atom. The maximum Gasteiger partial charge on any atom is 0.250 e. The summed E-state index contributed by atoms with van der Waals surface area (Å²) in [5.41, 5.74) is 0.712. The van der Waals surface area contributed by atoms with Gasteiger partial charge in [-0.3, -0.25) is 24.6 Å². The van der Waals surface area contributed by atoms with E-state index in [-0.39, 0.29) is 23.8 Å². The van der Waals surface area contributed by atoms with E-state index in [2.05, 4.69) is 10.6 Å². The molecule has 3 aliphatic heterocycles. The molecule has 0 aliphatic carbocycles. The summed E-state index contributed by atoms with van der Waals surface area (Å²) in [4.78, 5) is 41.6. The van der Waals surface area contributed by atoms with Crippen molar-refractivity contribution in [2.75, 3.05) is 17.3 Å². The summed E-state index contributed by atoms with van der Waals surface area (Å²) < 4.78 is 0. The number of benzene rings is 1. The molecule has 28 heavy (non-hydrogen) atoms. The summed E-state index contributed by atoms with van der Waals surface area (Å²) in [6.07, 6.45) is 2.75. The Bertz CT molecular complexity index is 878. The first-order chi connectivity index (χ1) is 13.1. The molecule has 1 aromatic rings. The minimum Gasteiger partial charge on any atom is -0.324 e. The van der Waals surface area contributed by atoms with E-state index in [4.69, 9.17) is 0 Å². The summed E-state index contributed by atoms with van der Waals surface area (Å²) in [5.74, 6) is -1.01. The summed E-state index contributed by atoms with van der Waals surface area (Å²) in [6, 6.07) is 5.54. The van der Waals surface area contributed by atoms with Crippen LogP contribution < -0.4 is 10.6 Å². The maximum absolute atomic E-state index is 13.5. The zero-order valence-corrected chi connectivity index (χ0v) is 17.8. The van der Waals surface area contributed by atoms with Crippen LogP contribution in [0.15, 0.2) is 18.2 Å². The molecular formula is C21H27N3O3S. The minimum absolute atomic E-state index is 0.160. The fraction of sp³-hybridized carbons (Fsp3) is 0.571. The van der Waals surface area contributed by atoms with Crippen molar-refractivity contribution in [3.05, 3.63) is 29.3 Å². The number of carbonyl (C=O) groups is 3. The first-order valence-electron chi connectivity index (χ1n) is 9.70. The third-order valence-corrected chi connectivity index (χ3v) is 6.91. The van der Waals surface area contributed by atoms with E-state index < -0.39 is 22.9 Å². The average Bonchev–Trinajstić information content (AvgIpc) is 3.19. The third kappa shape index (κ3) is 2.42. The van der Waals surface area contributed by atoms with E-state index >= 15 is 0 Å². The molecule has 1 aromatic carbocycles. The van der Waals surface area contributed by atoms with Crippen molar-refractivity contribution in [2.45, 2.75) is 51.2 Å². The fourth-order valence-electron chi connectivity index (χ4n) is 5.13. The predicted molar refractivity (Wildman–Crippen MR) is 110 cm³/mol. The number of imide groups is 1. The van der Waals surface area contributed by atoms with Gasteiger partial charge in [-0.15, -0.1) is 0 Å². The van der Waals surface area contributed by atoms with Gasteiger partial charge in [0.25, 0.3) is 0 Å². The second-order valence-corrected chi connectivity index (χ2v) is 9.96. The van der Waals surface area contributed by atoms with Gasteiger partial charge < -0.3 is 5.32 Å². The van der Waals surface area contributed by atoms with Crippen LogP contribution in [0.5, 0.6) is 0 Å². The molecule has 0 saturated carbocycles. The largest absolute Gasteiger partial charge is 0.324 e. The molecule has 0 radical (unpaired) electrons. The lowest BCUT2D eigenvalue weighted by Gasteiger charge is -2.34. The molecule has 7 heteroatoms. The Morgan fingerprint density at radius 1 is 1.18 bits per heavy atom. The number of hydrogen-bond acceptors (Lipinski definition) is 5. The second-order valence-electron chi connectivity index (χ2n) is 8.98. The van der Waals surface area contributed by atoms with Gasteiger partial charge in [0.2, 0.25) is 17.7 Å². The molecule has 0 bridgehead atoms. The fourth-order valence-corrected chi connectivity index (χ4v) is 5.62. The average molecular weight is 402 g/mol. The van der Waals surface area contributed by atoms with Crippen LogP contribution in [0, 0.1) is 18.8 Å². The number of nitrogens with one attached hydrogen (secondary N) is 2. The number of hydrogen-bond donors (Lipinski definition) is 2. The van der Waals surface area contributed by atoms with Gasteiger partial charge in [0, 0.05) is 22.8 Å². The molecule has 2 N–H and O–H groups in total. The topological polar surface area (TPSA) is 78.5 Å². The molecule has 6 nitrogen and oxygen atoms in total. The lowest BCUT2D eigenvalue weighted by atomic mass is 9.76. The molecule has 2 fully saturated rings. The van der Waals surface area contributed by atoms with E-state index in [0.29, 0.717) is 0 Å². The number of amides is 3. The predicted octanol–water partition coefficient (Wildman–Crippen LogP) is 2.27. The highest BCUT2D eigenvalue weighted by Gasteiger charge is 2.71. The summed E-state index contributed by atoms with van der Waals surface area (Å²) in [6.45, 7) is 7.55. The Hall–Kier alpha value is -1.86.